The Morgan fingerprint density at radius 2 is 2.00 bits per heavy atom. The van der Waals surface area contributed by atoms with E-state index >= 15 is 0 Å². The molecule has 0 aliphatic carbocycles. The number of ether oxygens (including phenoxy) is 2. The van der Waals surface area contributed by atoms with Gasteiger partial charge in [-0.3, -0.25) is 9.59 Å². The quantitative estimate of drug-likeness (QED) is 0.798. The molecule has 6 nitrogen and oxygen atoms in total. The van der Waals surface area contributed by atoms with Crippen molar-refractivity contribution in [3.8, 4) is 5.75 Å². The number of hydrogen-bond acceptors (Lipinski definition) is 4. The van der Waals surface area contributed by atoms with Crippen molar-refractivity contribution in [3.05, 3.63) is 29.3 Å². The van der Waals surface area contributed by atoms with Gasteiger partial charge >= 0.3 is 0 Å². The second-order valence-electron chi connectivity index (χ2n) is 10.4. The van der Waals surface area contributed by atoms with E-state index in [0.717, 1.165) is 24.2 Å². The number of likely N-dealkylation sites (tertiary alicyclic amines) is 1. The first-order chi connectivity index (χ1) is 14.6. The highest BCUT2D eigenvalue weighted by Crippen LogP contribution is 2.53. The van der Waals surface area contributed by atoms with Gasteiger partial charge in [-0.25, -0.2) is 0 Å². The lowest BCUT2D eigenvalue weighted by molar-refractivity contribution is -0.189. The zero-order chi connectivity index (χ0) is 22.5. The summed E-state index contributed by atoms with van der Waals surface area (Å²) in [4.78, 5) is 26.7. The lowest BCUT2D eigenvalue weighted by Gasteiger charge is -2.53. The van der Waals surface area contributed by atoms with Crippen LogP contribution in [-0.2, 0) is 14.3 Å². The highest BCUT2D eigenvalue weighted by atomic mass is 16.5. The van der Waals surface area contributed by atoms with E-state index in [1.165, 1.54) is 12.5 Å². The van der Waals surface area contributed by atoms with Gasteiger partial charge in [0.05, 0.1) is 12.2 Å². The number of nitrogens with zero attached hydrogens (tertiary/aromatic N) is 1. The normalized spacial score (nSPS) is 29.8. The van der Waals surface area contributed by atoms with Gasteiger partial charge in [-0.15, -0.1) is 0 Å². The van der Waals surface area contributed by atoms with Gasteiger partial charge in [0, 0.05) is 37.4 Å². The third-order valence-corrected chi connectivity index (χ3v) is 7.25. The van der Waals surface area contributed by atoms with E-state index in [-0.39, 0.29) is 47.4 Å². The third kappa shape index (κ3) is 4.19. The molecule has 0 unspecified atom stereocenters. The van der Waals surface area contributed by atoms with Gasteiger partial charge in [-0.05, 0) is 51.2 Å². The van der Waals surface area contributed by atoms with Crippen LogP contribution in [0.2, 0.25) is 0 Å². The molecule has 0 radical (unpaired) electrons. The topological polar surface area (TPSA) is 67.9 Å². The summed E-state index contributed by atoms with van der Waals surface area (Å²) in [6, 6.07) is 5.91. The Labute approximate surface area is 185 Å². The Hall–Kier alpha value is -2.08. The minimum Gasteiger partial charge on any atom is -0.487 e. The first-order valence-corrected chi connectivity index (χ1v) is 11.6. The van der Waals surface area contributed by atoms with Gasteiger partial charge in [-0.1, -0.05) is 26.0 Å². The summed E-state index contributed by atoms with van der Waals surface area (Å²) in [7, 11) is 0. The molecule has 0 saturated carbocycles. The van der Waals surface area contributed by atoms with Crippen molar-refractivity contribution in [3.63, 3.8) is 0 Å². The second kappa shape index (κ2) is 8.12. The van der Waals surface area contributed by atoms with Crippen LogP contribution < -0.4 is 10.1 Å². The van der Waals surface area contributed by atoms with Crippen molar-refractivity contribution in [2.24, 2.45) is 17.8 Å². The fourth-order valence-corrected chi connectivity index (χ4v) is 5.54. The molecule has 1 aromatic carbocycles. The first kappa shape index (κ1) is 22.1. The number of benzene rings is 1. The molecule has 31 heavy (non-hydrogen) atoms. The lowest BCUT2D eigenvalue weighted by Crippen LogP contribution is -2.58. The maximum Gasteiger partial charge on any atom is 0.245 e. The van der Waals surface area contributed by atoms with Crippen LogP contribution in [0.4, 0.5) is 0 Å². The molecule has 0 spiro atoms. The molecule has 2 saturated heterocycles. The molecular formula is C25H36N2O4. The van der Waals surface area contributed by atoms with Crippen LogP contribution >= 0.6 is 0 Å². The highest BCUT2D eigenvalue weighted by Gasteiger charge is 2.51. The molecule has 2 fully saturated rings. The molecule has 1 aromatic rings. The maximum atomic E-state index is 13.2. The largest absolute Gasteiger partial charge is 0.487 e. The summed E-state index contributed by atoms with van der Waals surface area (Å²) in [6.07, 6.45) is 1.97. The van der Waals surface area contributed by atoms with Crippen LogP contribution in [0.5, 0.6) is 5.75 Å². The number of amides is 2. The average molecular weight is 429 g/mol. The van der Waals surface area contributed by atoms with Crippen LogP contribution in [0.15, 0.2) is 18.2 Å². The van der Waals surface area contributed by atoms with E-state index in [1.54, 1.807) is 0 Å². The fourth-order valence-electron chi connectivity index (χ4n) is 5.54. The van der Waals surface area contributed by atoms with Gasteiger partial charge in [0.1, 0.15) is 17.4 Å². The van der Waals surface area contributed by atoms with Crippen molar-refractivity contribution in [2.45, 2.75) is 78.2 Å². The number of aryl methyl sites for hydroxylation is 1. The molecule has 1 N–H and O–H groups in total. The number of nitrogens with one attached hydrogen (secondary N) is 1. The van der Waals surface area contributed by atoms with Crippen LogP contribution in [-0.4, -0.2) is 47.6 Å². The van der Waals surface area contributed by atoms with E-state index in [2.05, 4.69) is 44.3 Å². The van der Waals surface area contributed by atoms with Crippen molar-refractivity contribution in [1.29, 1.82) is 0 Å². The van der Waals surface area contributed by atoms with E-state index in [1.807, 2.05) is 18.7 Å². The summed E-state index contributed by atoms with van der Waals surface area (Å²) in [6.45, 7) is 13.1. The standard InChI is InChI=1S/C25H36N2O4/c1-14(2)22(26-16(4)28)24(29)27-10-9-20-17(13-27)12-19-23(30-20)18-8-7-15(3)11-21(18)31-25(19,5)6/h7-8,11,14,17,19-20,22-23H,9-10,12-13H2,1-6H3,(H,26,28)/t17-,19+,20+,22+,23-/m0/s1. The Kier molecular flexibility index (Phi) is 5.80. The minimum absolute atomic E-state index is 0.0192. The molecule has 6 heteroatoms. The molecule has 0 bridgehead atoms. The van der Waals surface area contributed by atoms with E-state index < -0.39 is 6.04 Å². The summed E-state index contributed by atoms with van der Waals surface area (Å²) < 4.78 is 13.1. The van der Waals surface area contributed by atoms with Crippen molar-refractivity contribution >= 4 is 11.8 Å². The first-order valence-electron chi connectivity index (χ1n) is 11.6. The minimum atomic E-state index is -0.476. The predicted molar refractivity (Wildman–Crippen MR) is 119 cm³/mol. The number of rotatable bonds is 3. The predicted octanol–water partition coefficient (Wildman–Crippen LogP) is 3.62. The number of fused-ring (bicyclic) bond motifs is 4. The number of carbonyl (C=O) groups is 2. The summed E-state index contributed by atoms with van der Waals surface area (Å²) in [5.41, 5.74) is 2.00. The zero-order valence-electron chi connectivity index (χ0n) is 19.6. The van der Waals surface area contributed by atoms with E-state index in [0.29, 0.717) is 13.1 Å². The molecule has 3 aliphatic rings. The Morgan fingerprint density at radius 3 is 2.68 bits per heavy atom. The Morgan fingerprint density at radius 1 is 1.26 bits per heavy atom. The van der Waals surface area contributed by atoms with Gasteiger partial charge < -0.3 is 19.7 Å². The Bertz CT molecular complexity index is 865. The second-order valence-corrected chi connectivity index (χ2v) is 10.4. The summed E-state index contributed by atoms with van der Waals surface area (Å²) in [5, 5.41) is 2.84. The number of carbonyl (C=O) groups excluding carboxylic acids is 2. The third-order valence-electron chi connectivity index (χ3n) is 7.25. The van der Waals surface area contributed by atoms with Crippen LogP contribution in [0.3, 0.4) is 0 Å². The summed E-state index contributed by atoms with van der Waals surface area (Å²) >= 11 is 0. The van der Waals surface area contributed by atoms with Gasteiger partial charge in [0.2, 0.25) is 11.8 Å². The molecule has 3 aliphatic heterocycles. The van der Waals surface area contributed by atoms with Crippen molar-refractivity contribution in [2.75, 3.05) is 13.1 Å². The molecule has 170 valence electrons. The smallest absolute Gasteiger partial charge is 0.245 e. The molecular weight excluding hydrogens is 392 g/mol. The molecule has 0 aromatic heterocycles. The molecule has 5 atom stereocenters. The lowest BCUT2D eigenvalue weighted by atomic mass is 9.70. The molecule has 3 heterocycles. The van der Waals surface area contributed by atoms with Gasteiger partial charge in [0.25, 0.3) is 0 Å². The van der Waals surface area contributed by atoms with Crippen LogP contribution in [0.25, 0.3) is 0 Å². The number of hydrogen-bond donors (Lipinski definition) is 1. The monoisotopic (exact) mass is 428 g/mol. The highest BCUT2D eigenvalue weighted by molar-refractivity contribution is 5.87. The fraction of sp³-hybridized carbons (Fsp3) is 0.680. The van der Waals surface area contributed by atoms with Crippen molar-refractivity contribution in [1.82, 2.24) is 10.2 Å². The van der Waals surface area contributed by atoms with E-state index in [4.69, 9.17) is 9.47 Å². The van der Waals surface area contributed by atoms with E-state index in [9.17, 15) is 9.59 Å². The number of piperidine rings is 1. The Balaban J connectivity index is 1.52. The SMILES string of the molecule is CC(=O)N[C@@H](C(=O)N1CC[C@H]2O[C@H]3c4ccc(C)cc4OC(C)(C)[C@@H]3C[C@H]2C1)C(C)C. The van der Waals surface area contributed by atoms with Crippen LogP contribution in [0, 0.1) is 24.7 Å². The zero-order valence-corrected chi connectivity index (χ0v) is 19.6. The average Bonchev–Trinajstić information content (AvgIpc) is 2.69. The maximum absolute atomic E-state index is 13.2. The van der Waals surface area contributed by atoms with Gasteiger partial charge in [-0.2, -0.15) is 0 Å². The molecule has 2 amide bonds. The van der Waals surface area contributed by atoms with Gasteiger partial charge in [0.15, 0.2) is 0 Å². The summed E-state index contributed by atoms with van der Waals surface area (Å²) in [5.74, 6) is 1.35. The molecule has 4 rings (SSSR count). The van der Waals surface area contributed by atoms with Crippen molar-refractivity contribution < 1.29 is 19.1 Å². The van der Waals surface area contributed by atoms with Crippen LogP contribution in [0.1, 0.15) is 64.7 Å².